The summed E-state index contributed by atoms with van der Waals surface area (Å²) in [7, 11) is 1.91. The maximum atomic E-state index is 6.33. The molecule has 3 rings (SSSR count). The molecule has 1 aliphatic heterocycles. The van der Waals surface area contributed by atoms with Crippen LogP contribution in [0.3, 0.4) is 0 Å². The second kappa shape index (κ2) is 7.38. The van der Waals surface area contributed by atoms with Crippen molar-refractivity contribution in [3.63, 3.8) is 0 Å². The van der Waals surface area contributed by atoms with Crippen molar-refractivity contribution in [2.24, 2.45) is 0 Å². The Bertz CT molecular complexity index is 680. The first-order chi connectivity index (χ1) is 10.2. The van der Waals surface area contributed by atoms with Gasteiger partial charge >= 0.3 is 0 Å². The number of halogens is 3. The quantitative estimate of drug-likeness (QED) is 0.828. The molecule has 0 bridgehead atoms. The van der Waals surface area contributed by atoms with Gasteiger partial charge in [-0.2, -0.15) is 0 Å². The second-order valence-corrected chi connectivity index (χ2v) is 5.71. The molecule has 0 fully saturated rings. The van der Waals surface area contributed by atoms with E-state index in [-0.39, 0.29) is 18.5 Å². The minimum Gasteiger partial charge on any atom is -0.484 e. The molecule has 0 aromatic heterocycles. The van der Waals surface area contributed by atoms with Crippen LogP contribution >= 0.6 is 35.6 Å². The van der Waals surface area contributed by atoms with Crippen molar-refractivity contribution in [3.8, 4) is 16.9 Å². The Labute approximate surface area is 146 Å². The van der Waals surface area contributed by atoms with Crippen molar-refractivity contribution >= 4 is 41.7 Å². The number of hydrogen-bond donors (Lipinski definition) is 1. The molecule has 116 valence electrons. The van der Waals surface area contributed by atoms with Crippen molar-refractivity contribution in [1.82, 2.24) is 5.32 Å². The third kappa shape index (κ3) is 3.26. The van der Waals surface area contributed by atoms with Crippen molar-refractivity contribution in [3.05, 3.63) is 58.1 Å². The Morgan fingerprint density at radius 1 is 1.09 bits per heavy atom. The van der Waals surface area contributed by atoms with Gasteiger partial charge in [-0.1, -0.05) is 53.5 Å². The Morgan fingerprint density at radius 2 is 1.77 bits per heavy atom. The summed E-state index contributed by atoms with van der Waals surface area (Å²) >= 11 is 12.7. The Morgan fingerprint density at radius 3 is 2.45 bits per heavy atom. The van der Waals surface area contributed by atoms with E-state index in [1.54, 1.807) is 0 Å². The molecule has 0 radical (unpaired) electrons. The molecule has 1 heterocycles. The lowest BCUT2D eigenvalue weighted by atomic mass is 9.99. The molecule has 1 atom stereocenters. The van der Waals surface area contributed by atoms with Gasteiger partial charge in [-0.3, -0.25) is 0 Å². The van der Waals surface area contributed by atoms with Crippen molar-refractivity contribution in [2.45, 2.75) is 6.10 Å². The number of nitrogens with one attached hydrogen (secondary N) is 1. The van der Waals surface area contributed by atoms with E-state index in [1.807, 2.05) is 43.4 Å². The molecule has 2 nitrogen and oxygen atoms in total. The van der Waals surface area contributed by atoms with Gasteiger partial charge in [0.05, 0.1) is 10.0 Å². The smallest absolute Gasteiger partial charge is 0.135 e. The fourth-order valence-electron chi connectivity index (χ4n) is 2.48. The predicted molar refractivity (Wildman–Crippen MR) is 96.5 cm³/mol. The van der Waals surface area contributed by atoms with E-state index in [0.717, 1.165) is 29.0 Å². The van der Waals surface area contributed by atoms with Gasteiger partial charge in [0, 0.05) is 23.2 Å². The van der Waals surface area contributed by atoms with Gasteiger partial charge in [-0.15, -0.1) is 12.4 Å². The highest BCUT2D eigenvalue weighted by molar-refractivity contribution is 6.39. The summed E-state index contributed by atoms with van der Waals surface area (Å²) < 4.78 is 6.10. The molecular weight excluding hydrogens is 341 g/mol. The SMILES string of the molecule is CNC[C@H]1C=Cc2cccc(-c3c(Cl)cccc3Cl)c2O1.Cl. The monoisotopic (exact) mass is 355 g/mol. The minimum absolute atomic E-state index is 0. The van der Waals surface area contributed by atoms with Gasteiger partial charge in [0.15, 0.2) is 0 Å². The van der Waals surface area contributed by atoms with Crippen LogP contribution < -0.4 is 10.1 Å². The Balaban J connectivity index is 0.00000176. The fraction of sp³-hybridized carbons (Fsp3) is 0.176. The third-order valence-corrected chi connectivity index (χ3v) is 4.07. The van der Waals surface area contributed by atoms with Gasteiger partial charge < -0.3 is 10.1 Å². The van der Waals surface area contributed by atoms with Crippen LogP contribution in [-0.2, 0) is 0 Å². The number of fused-ring (bicyclic) bond motifs is 1. The van der Waals surface area contributed by atoms with E-state index in [1.165, 1.54) is 0 Å². The molecule has 1 aliphatic rings. The summed E-state index contributed by atoms with van der Waals surface area (Å²) in [5.74, 6) is 0.829. The molecule has 22 heavy (non-hydrogen) atoms. The van der Waals surface area contributed by atoms with Gasteiger partial charge in [-0.25, -0.2) is 0 Å². The minimum atomic E-state index is 0. The van der Waals surface area contributed by atoms with Crippen LogP contribution in [-0.4, -0.2) is 19.7 Å². The molecule has 0 spiro atoms. The summed E-state index contributed by atoms with van der Waals surface area (Å²) in [5, 5.41) is 4.37. The molecule has 5 heteroatoms. The third-order valence-electron chi connectivity index (χ3n) is 3.44. The van der Waals surface area contributed by atoms with Crippen LogP contribution in [0.25, 0.3) is 17.2 Å². The molecule has 0 saturated carbocycles. The fourth-order valence-corrected chi connectivity index (χ4v) is 3.08. The predicted octanol–water partition coefficient (Wildman–Crippen LogP) is 5.08. The highest BCUT2D eigenvalue weighted by atomic mass is 35.5. The van der Waals surface area contributed by atoms with E-state index < -0.39 is 0 Å². The van der Waals surface area contributed by atoms with Gasteiger partial charge in [-0.05, 0) is 25.3 Å². The van der Waals surface area contributed by atoms with Crippen LogP contribution in [0.4, 0.5) is 0 Å². The molecule has 1 N–H and O–H groups in total. The van der Waals surface area contributed by atoms with E-state index in [0.29, 0.717) is 10.0 Å². The lowest BCUT2D eigenvalue weighted by Gasteiger charge is -2.24. The van der Waals surface area contributed by atoms with Crippen molar-refractivity contribution in [2.75, 3.05) is 13.6 Å². The topological polar surface area (TPSA) is 21.3 Å². The van der Waals surface area contributed by atoms with E-state index >= 15 is 0 Å². The van der Waals surface area contributed by atoms with Gasteiger partial charge in [0.25, 0.3) is 0 Å². The summed E-state index contributed by atoms with van der Waals surface area (Å²) in [4.78, 5) is 0. The molecular formula is C17H16Cl3NO. The number of ether oxygens (including phenoxy) is 1. The van der Waals surface area contributed by atoms with E-state index in [9.17, 15) is 0 Å². The molecule has 2 aromatic carbocycles. The standard InChI is InChI=1S/C17H15Cl2NO.ClH/c1-20-10-12-9-8-11-4-2-5-13(17(11)21-12)16-14(18)6-3-7-15(16)19;/h2-9,12,20H,10H2,1H3;1H/t12-;/m1./s1. The summed E-state index contributed by atoms with van der Waals surface area (Å²) in [5.41, 5.74) is 2.78. The highest BCUT2D eigenvalue weighted by Crippen LogP contribution is 2.42. The average Bonchev–Trinajstić information content (AvgIpc) is 2.48. The van der Waals surface area contributed by atoms with Gasteiger partial charge in [0.1, 0.15) is 11.9 Å². The first-order valence-corrected chi connectivity index (χ1v) is 7.53. The molecule has 0 saturated heterocycles. The number of rotatable bonds is 3. The van der Waals surface area contributed by atoms with Crippen molar-refractivity contribution < 1.29 is 4.74 Å². The van der Waals surface area contributed by atoms with Crippen LogP contribution in [0, 0.1) is 0 Å². The van der Waals surface area contributed by atoms with Crippen LogP contribution in [0.15, 0.2) is 42.5 Å². The number of hydrogen-bond acceptors (Lipinski definition) is 2. The molecule has 0 amide bonds. The number of benzene rings is 2. The second-order valence-electron chi connectivity index (χ2n) is 4.89. The number of para-hydroxylation sites is 1. The van der Waals surface area contributed by atoms with E-state index in [2.05, 4.69) is 17.5 Å². The zero-order valence-corrected chi connectivity index (χ0v) is 14.3. The molecule has 0 unspecified atom stereocenters. The lowest BCUT2D eigenvalue weighted by molar-refractivity contribution is 0.245. The molecule has 0 aliphatic carbocycles. The van der Waals surface area contributed by atoms with Gasteiger partial charge in [0.2, 0.25) is 0 Å². The first-order valence-electron chi connectivity index (χ1n) is 6.77. The Kier molecular flexibility index (Phi) is 5.76. The van der Waals surface area contributed by atoms with Crippen LogP contribution in [0.1, 0.15) is 5.56 Å². The highest BCUT2D eigenvalue weighted by Gasteiger charge is 2.20. The lowest BCUT2D eigenvalue weighted by Crippen LogP contribution is -2.29. The van der Waals surface area contributed by atoms with Crippen molar-refractivity contribution in [1.29, 1.82) is 0 Å². The summed E-state index contributed by atoms with van der Waals surface area (Å²) in [6.07, 6.45) is 4.14. The summed E-state index contributed by atoms with van der Waals surface area (Å²) in [6.45, 7) is 0.751. The Hall–Kier alpha value is -1.19. The zero-order valence-electron chi connectivity index (χ0n) is 12.0. The number of likely N-dealkylation sites (N-methyl/N-ethyl adjacent to an activating group) is 1. The van der Waals surface area contributed by atoms with Crippen LogP contribution in [0.2, 0.25) is 10.0 Å². The normalized spacial score (nSPS) is 15.7. The first kappa shape index (κ1) is 17.2. The molecule has 2 aromatic rings. The van der Waals surface area contributed by atoms with E-state index in [4.69, 9.17) is 27.9 Å². The maximum absolute atomic E-state index is 6.33. The zero-order chi connectivity index (χ0) is 14.8. The summed E-state index contributed by atoms with van der Waals surface area (Å²) in [6, 6.07) is 11.5. The largest absolute Gasteiger partial charge is 0.484 e. The average molecular weight is 357 g/mol. The van der Waals surface area contributed by atoms with Crippen LogP contribution in [0.5, 0.6) is 5.75 Å². The maximum Gasteiger partial charge on any atom is 0.135 e.